The molecule has 0 aromatic rings. The highest BCUT2D eigenvalue weighted by Crippen LogP contribution is 2.35. The lowest BCUT2D eigenvalue weighted by Crippen LogP contribution is -2.64. The second kappa shape index (κ2) is 16.2. The van der Waals surface area contributed by atoms with Crippen LogP contribution in [0.25, 0.3) is 0 Å². The van der Waals surface area contributed by atoms with Gasteiger partial charge in [-0.25, -0.2) is 0 Å². The van der Waals surface area contributed by atoms with Crippen molar-refractivity contribution in [3.63, 3.8) is 0 Å². The van der Waals surface area contributed by atoms with Crippen molar-refractivity contribution < 1.29 is 28.8 Å². The van der Waals surface area contributed by atoms with Crippen LogP contribution >= 0.6 is 0 Å². The Morgan fingerprint density at radius 1 is 0.956 bits per heavy atom. The van der Waals surface area contributed by atoms with E-state index < -0.39 is 36.0 Å². The molecule has 0 spiro atoms. The van der Waals surface area contributed by atoms with Crippen LogP contribution in [0, 0.1) is 11.8 Å². The normalized spacial score (nSPS) is 29.5. The summed E-state index contributed by atoms with van der Waals surface area (Å²) in [5, 5.41) is 10.7. The number of piperidine rings is 1. The number of allylic oxidation sites excluding steroid dienone is 2. The van der Waals surface area contributed by atoms with Crippen molar-refractivity contribution >= 4 is 29.4 Å². The number of Topliss-reactive ketones (excluding diaryl/α,β-unsaturated/α-hetero) is 1. The molecule has 2 unspecified atom stereocenters. The van der Waals surface area contributed by atoms with Crippen molar-refractivity contribution in [2.24, 2.45) is 11.8 Å². The number of hydrogen-bond donors (Lipinski definition) is 3. The maximum Gasteiger partial charge on any atom is 0.246 e. The summed E-state index contributed by atoms with van der Waals surface area (Å²) in [5.74, 6) is -1.47. The molecule has 0 aromatic carbocycles. The number of carbonyl (C=O) groups excluding carboxylic acids is 5. The van der Waals surface area contributed by atoms with Crippen molar-refractivity contribution in [3.8, 4) is 0 Å². The number of unbranched alkanes of at least 4 members (excludes halogenated alkanes) is 2. The van der Waals surface area contributed by atoms with Gasteiger partial charge in [-0.1, -0.05) is 64.3 Å². The van der Waals surface area contributed by atoms with E-state index in [1.54, 1.807) is 17.1 Å². The molecule has 1 aliphatic carbocycles. The Kier molecular flexibility index (Phi) is 12.4. The van der Waals surface area contributed by atoms with Gasteiger partial charge >= 0.3 is 0 Å². The zero-order valence-corrected chi connectivity index (χ0v) is 27.3. The summed E-state index contributed by atoms with van der Waals surface area (Å²) in [6.45, 7) is 6.16. The zero-order valence-electron chi connectivity index (χ0n) is 27.3. The van der Waals surface area contributed by atoms with Crippen LogP contribution in [0.4, 0.5) is 0 Å². The molecule has 0 saturated carbocycles. The van der Waals surface area contributed by atoms with Gasteiger partial charge in [-0.2, -0.15) is 0 Å². The number of amides is 4. The summed E-state index contributed by atoms with van der Waals surface area (Å²) < 4.78 is 0. The lowest BCUT2D eigenvalue weighted by Gasteiger charge is -2.39. The Bertz CT molecular complexity index is 1200. The molecule has 7 atom stereocenters. The van der Waals surface area contributed by atoms with Gasteiger partial charge in [0.1, 0.15) is 30.0 Å². The third-order valence-electron chi connectivity index (χ3n) is 9.75. The number of hydrogen-bond acceptors (Lipinski definition) is 7. The molecule has 45 heavy (non-hydrogen) atoms. The molecule has 0 bridgehead atoms. The minimum Gasteiger partial charge on any atom is -0.343 e. The summed E-state index contributed by atoms with van der Waals surface area (Å²) in [5.41, 5.74) is 0.915. The van der Waals surface area contributed by atoms with E-state index in [4.69, 9.17) is 4.84 Å². The van der Waals surface area contributed by atoms with Gasteiger partial charge < -0.3 is 20.9 Å². The van der Waals surface area contributed by atoms with Crippen LogP contribution in [0.15, 0.2) is 36.1 Å². The minimum absolute atomic E-state index is 0.0385. The second-order valence-corrected chi connectivity index (χ2v) is 12.8. The smallest absolute Gasteiger partial charge is 0.246 e. The predicted octanol–water partition coefficient (Wildman–Crippen LogP) is 3.07. The van der Waals surface area contributed by atoms with Gasteiger partial charge in [0, 0.05) is 37.9 Å². The average Bonchev–Trinajstić information content (AvgIpc) is 3.41. The molecule has 248 valence electrons. The molecule has 0 radical (unpaired) electrons. The van der Waals surface area contributed by atoms with Crippen LogP contribution in [0.3, 0.4) is 0 Å². The van der Waals surface area contributed by atoms with E-state index in [2.05, 4.69) is 22.0 Å². The van der Waals surface area contributed by atoms with Gasteiger partial charge in [-0.3, -0.25) is 33.9 Å². The average molecular weight is 626 g/mol. The standard InChI is InChI=1S/C34H51N5O6/c1-5-22(3)30-34(44)38-19-13-12-18-29(38)33(43)35-26(16-9-7-8-14-24(40)6-2)31(41)36-27(32(42)37-30)20-23-21-39(45-4)28-17-11-10-15-25(23)28/h10-11,15,17,21-22,25-30H,5-9,12-14,16,18-20H2,1-4H3,(H,35,43)(H,36,41)(H,37,42)/t22-,25?,26-,27-,28?,29+,30-/m0/s1. The van der Waals surface area contributed by atoms with Crippen LogP contribution in [0.5, 0.6) is 0 Å². The van der Waals surface area contributed by atoms with Gasteiger partial charge in [0.25, 0.3) is 0 Å². The number of ketones is 1. The fourth-order valence-corrected chi connectivity index (χ4v) is 6.74. The summed E-state index contributed by atoms with van der Waals surface area (Å²) in [6.07, 6.45) is 16.3. The molecular formula is C34H51N5O6. The highest BCUT2D eigenvalue weighted by molar-refractivity contribution is 5.97. The van der Waals surface area contributed by atoms with E-state index >= 15 is 0 Å². The summed E-state index contributed by atoms with van der Waals surface area (Å²) in [7, 11) is 1.59. The molecule has 11 heteroatoms. The van der Waals surface area contributed by atoms with Crippen molar-refractivity contribution in [2.45, 2.75) is 122 Å². The van der Waals surface area contributed by atoms with Gasteiger partial charge in [0.2, 0.25) is 23.6 Å². The summed E-state index contributed by atoms with van der Waals surface area (Å²) in [6, 6.07) is -3.43. The summed E-state index contributed by atoms with van der Waals surface area (Å²) >= 11 is 0. The lowest BCUT2D eigenvalue weighted by atomic mass is 9.87. The van der Waals surface area contributed by atoms with E-state index in [1.807, 2.05) is 45.2 Å². The first-order valence-corrected chi connectivity index (χ1v) is 16.8. The largest absolute Gasteiger partial charge is 0.343 e. The molecule has 2 saturated heterocycles. The van der Waals surface area contributed by atoms with Crippen LogP contribution in [0.2, 0.25) is 0 Å². The number of rotatable bonds is 12. The molecule has 4 rings (SSSR count). The lowest BCUT2D eigenvalue weighted by molar-refractivity contribution is -0.147. The predicted molar refractivity (Wildman–Crippen MR) is 170 cm³/mol. The van der Waals surface area contributed by atoms with Crippen molar-refractivity contribution in [1.29, 1.82) is 0 Å². The van der Waals surface area contributed by atoms with Crippen molar-refractivity contribution in [1.82, 2.24) is 25.9 Å². The topological polar surface area (TPSA) is 137 Å². The van der Waals surface area contributed by atoms with E-state index in [0.29, 0.717) is 45.1 Å². The highest BCUT2D eigenvalue weighted by atomic mass is 16.7. The van der Waals surface area contributed by atoms with Crippen LogP contribution in [-0.2, 0) is 28.8 Å². The number of carbonyl (C=O) groups is 5. The van der Waals surface area contributed by atoms with Crippen molar-refractivity contribution in [3.05, 3.63) is 36.1 Å². The van der Waals surface area contributed by atoms with E-state index in [-0.39, 0.29) is 41.9 Å². The molecule has 3 aliphatic heterocycles. The van der Waals surface area contributed by atoms with Crippen LogP contribution in [-0.4, -0.2) is 83.2 Å². The first kappa shape index (κ1) is 34.4. The molecule has 3 heterocycles. The monoisotopic (exact) mass is 625 g/mol. The maximum atomic E-state index is 14.1. The first-order chi connectivity index (χ1) is 21.7. The minimum atomic E-state index is -0.974. The SMILES string of the molecule is CCC(=O)CCCCC[C@@H]1NC(=O)[C@H]2CCCCN2C(=O)[C@H]([C@@H](C)CC)NC(=O)[C@H](CC2=CN(OC)C3C=CC=CC23)NC1=O. The molecule has 3 N–H and O–H groups in total. The number of nitrogens with one attached hydrogen (secondary N) is 3. The van der Waals surface area contributed by atoms with Gasteiger partial charge in [0.05, 0.1) is 13.2 Å². The molecule has 11 nitrogen and oxygen atoms in total. The van der Waals surface area contributed by atoms with Crippen LogP contribution in [0.1, 0.15) is 91.4 Å². The van der Waals surface area contributed by atoms with Crippen LogP contribution < -0.4 is 16.0 Å². The molecule has 4 amide bonds. The fraction of sp³-hybridized carbons (Fsp3) is 0.676. The maximum absolute atomic E-state index is 14.1. The molecular weight excluding hydrogens is 574 g/mol. The van der Waals surface area contributed by atoms with E-state index in [0.717, 1.165) is 31.3 Å². The third-order valence-corrected chi connectivity index (χ3v) is 9.75. The Morgan fingerprint density at radius 3 is 2.42 bits per heavy atom. The number of hydroxylamine groups is 2. The molecule has 0 aromatic heterocycles. The third kappa shape index (κ3) is 8.42. The molecule has 4 aliphatic rings. The molecule has 2 fully saturated rings. The van der Waals surface area contributed by atoms with Gasteiger partial charge in [-0.15, -0.1) is 0 Å². The van der Waals surface area contributed by atoms with Gasteiger partial charge in [-0.05, 0) is 43.6 Å². The Balaban J connectivity index is 1.62. The highest BCUT2D eigenvalue weighted by Gasteiger charge is 2.42. The summed E-state index contributed by atoms with van der Waals surface area (Å²) in [4.78, 5) is 74.6. The second-order valence-electron chi connectivity index (χ2n) is 12.8. The van der Waals surface area contributed by atoms with Gasteiger partial charge in [0.15, 0.2) is 0 Å². The quantitative estimate of drug-likeness (QED) is 0.284. The number of nitrogens with zero attached hydrogens (tertiary/aromatic N) is 2. The van der Waals surface area contributed by atoms with E-state index in [9.17, 15) is 24.0 Å². The zero-order chi connectivity index (χ0) is 32.5. The Labute approximate surface area is 267 Å². The first-order valence-electron chi connectivity index (χ1n) is 16.8. The van der Waals surface area contributed by atoms with Crippen molar-refractivity contribution in [2.75, 3.05) is 13.7 Å². The Morgan fingerprint density at radius 2 is 1.69 bits per heavy atom. The number of fused-ring (bicyclic) bond motifs is 2. The fourth-order valence-electron chi connectivity index (χ4n) is 6.74. The van der Waals surface area contributed by atoms with E-state index in [1.165, 1.54) is 0 Å². The Hall–Kier alpha value is -3.47.